The summed E-state index contributed by atoms with van der Waals surface area (Å²) < 4.78 is 6.70. The van der Waals surface area contributed by atoms with Crippen molar-refractivity contribution in [2.24, 2.45) is 0 Å². The second-order valence-electron chi connectivity index (χ2n) is 8.55. The predicted molar refractivity (Wildman–Crippen MR) is 148 cm³/mol. The first-order valence-corrected chi connectivity index (χ1v) is 13.3. The van der Waals surface area contributed by atoms with E-state index in [1.165, 1.54) is 5.56 Å². The molecule has 0 saturated carbocycles. The first-order chi connectivity index (χ1) is 17.4. The number of hydrogen-bond donors (Lipinski definition) is 1. The molecule has 3 aromatic rings. The van der Waals surface area contributed by atoms with Crippen molar-refractivity contribution < 1.29 is 14.3 Å². The molecule has 0 unspecified atom stereocenters. The Labute approximate surface area is 226 Å². The Bertz CT molecular complexity index is 1140. The second-order valence-corrected chi connectivity index (χ2v) is 9.84. The molecule has 1 N–H and O–H groups in total. The molecule has 0 heterocycles. The normalized spacial score (nSPS) is 11.6. The quantitative estimate of drug-likeness (QED) is 0.281. The average molecular weight is 572 g/mol. The largest absolute Gasteiger partial charge is 0.483 e. The summed E-state index contributed by atoms with van der Waals surface area (Å²) in [7, 11) is 0. The van der Waals surface area contributed by atoms with Gasteiger partial charge in [0.25, 0.3) is 5.91 Å². The van der Waals surface area contributed by atoms with Crippen molar-refractivity contribution in [2.75, 3.05) is 13.2 Å². The lowest BCUT2D eigenvalue weighted by atomic mass is 10.0. The third-order valence-corrected chi connectivity index (χ3v) is 6.71. The van der Waals surface area contributed by atoms with Crippen LogP contribution in [-0.4, -0.2) is 35.9 Å². The van der Waals surface area contributed by atoms with E-state index in [1.807, 2.05) is 67.6 Å². The number of carbonyl (C=O) groups excluding carboxylic acids is 2. The van der Waals surface area contributed by atoms with E-state index >= 15 is 0 Å². The molecule has 0 aliphatic rings. The van der Waals surface area contributed by atoms with Gasteiger partial charge in [-0.3, -0.25) is 9.59 Å². The van der Waals surface area contributed by atoms with Crippen LogP contribution in [-0.2, 0) is 29.0 Å². The van der Waals surface area contributed by atoms with Crippen molar-refractivity contribution in [2.45, 2.75) is 45.7 Å². The molecule has 36 heavy (non-hydrogen) atoms. The van der Waals surface area contributed by atoms with Crippen LogP contribution in [0.2, 0.25) is 5.02 Å². The highest BCUT2D eigenvalue weighted by Crippen LogP contribution is 2.26. The molecular weight excluding hydrogens is 540 g/mol. The zero-order chi connectivity index (χ0) is 25.9. The fraction of sp³-hybridized carbons (Fsp3) is 0.310. The summed E-state index contributed by atoms with van der Waals surface area (Å²) >= 11 is 9.61. The maximum Gasteiger partial charge on any atom is 0.261 e. The molecule has 0 bridgehead atoms. The predicted octanol–water partition coefficient (Wildman–Crippen LogP) is 6.21. The van der Waals surface area contributed by atoms with Crippen molar-refractivity contribution in [1.82, 2.24) is 10.2 Å². The third-order valence-electron chi connectivity index (χ3n) is 5.84. The van der Waals surface area contributed by atoms with Gasteiger partial charge >= 0.3 is 0 Å². The number of nitrogens with zero attached hydrogens (tertiary/aromatic N) is 1. The van der Waals surface area contributed by atoms with Crippen LogP contribution < -0.4 is 10.1 Å². The molecule has 3 rings (SSSR count). The van der Waals surface area contributed by atoms with E-state index in [0.29, 0.717) is 23.7 Å². The first-order valence-electron chi connectivity index (χ1n) is 12.2. The Morgan fingerprint density at radius 1 is 0.972 bits per heavy atom. The average Bonchev–Trinajstić information content (AvgIpc) is 2.90. The topological polar surface area (TPSA) is 58.6 Å². The summed E-state index contributed by atoms with van der Waals surface area (Å²) in [4.78, 5) is 28.5. The zero-order valence-electron chi connectivity index (χ0n) is 20.7. The minimum Gasteiger partial charge on any atom is -0.483 e. The Kier molecular flexibility index (Phi) is 10.8. The minimum atomic E-state index is -0.698. The standard InChI is InChI=1S/C29H32BrClN2O3/c1-3-16-32-29(35)26(18-22-8-6-5-7-9-22)33(19-23-10-13-24(31)14-11-23)28(34)20-36-27-15-12-21(4-2)17-25(27)30/h5-15,17,26H,3-4,16,18-20H2,1-2H3,(H,32,35)/t26-/m0/s1. The summed E-state index contributed by atoms with van der Waals surface area (Å²) in [6, 6.07) is 22.2. The van der Waals surface area contributed by atoms with Crippen LogP contribution in [0, 0.1) is 0 Å². The maximum absolute atomic E-state index is 13.6. The van der Waals surface area contributed by atoms with E-state index in [0.717, 1.165) is 28.4 Å². The van der Waals surface area contributed by atoms with Crippen LogP contribution in [0.5, 0.6) is 5.75 Å². The van der Waals surface area contributed by atoms with Gasteiger partial charge in [-0.15, -0.1) is 0 Å². The van der Waals surface area contributed by atoms with Gasteiger partial charge in [0.15, 0.2) is 6.61 Å². The van der Waals surface area contributed by atoms with E-state index in [4.69, 9.17) is 16.3 Å². The number of ether oxygens (including phenoxy) is 1. The van der Waals surface area contributed by atoms with E-state index in [2.05, 4.69) is 28.2 Å². The van der Waals surface area contributed by atoms with Crippen LogP contribution in [0.15, 0.2) is 77.3 Å². The molecule has 0 spiro atoms. The van der Waals surface area contributed by atoms with Gasteiger partial charge < -0.3 is 15.0 Å². The fourth-order valence-electron chi connectivity index (χ4n) is 3.81. The van der Waals surface area contributed by atoms with Gasteiger partial charge in [-0.25, -0.2) is 0 Å². The summed E-state index contributed by atoms with van der Waals surface area (Å²) in [6.07, 6.45) is 2.10. The number of halogens is 2. The van der Waals surface area contributed by atoms with Crippen LogP contribution in [0.25, 0.3) is 0 Å². The van der Waals surface area contributed by atoms with E-state index < -0.39 is 6.04 Å². The Morgan fingerprint density at radius 2 is 1.67 bits per heavy atom. The summed E-state index contributed by atoms with van der Waals surface area (Å²) in [5.74, 6) is 0.127. The van der Waals surface area contributed by atoms with Gasteiger partial charge in [-0.2, -0.15) is 0 Å². The van der Waals surface area contributed by atoms with Gasteiger partial charge in [-0.1, -0.05) is 74.0 Å². The van der Waals surface area contributed by atoms with Crippen molar-refractivity contribution in [3.8, 4) is 5.75 Å². The van der Waals surface area contributed by atoms with Gasteiger partial charge in [-0.05, 0) is 69.7 Å². The number of aryl methyl sites for hydroxylation is 1. The molecule has 2 amide bonds. The lowest BCUT2D eigenvalue weighted by Gasteiger charge is -2.31. The lowest BCUT2D eigenvalue weighted by Crippen LogP contribution is -2.51. The third kappa shape index (κ3) is 8.10. The molecule has 190 valence electrons. The van der Waals surface area contributed by atoms with Gasteiger partial charge in [0.2, 0.25) is 5.91 Å². The van der Waals surface area contributed by atoms with Crippen molar-refractivity contribution in [3.63, 3.8) is 0 Å². The molecule has 0 radical (unpaired) electrons. The van der Waals surface area contributed by atoms with E-state index in [9.17, 15) is 9.59 Å². The highest BCUT2D eigenvalue weighted by molar-refractivity contribution is 9.10. The number of benzene rings is 3. The molecular formula is C29H32BrClN2O3. The molecule has 0 aliphatic carbocycles. The Hall–Kier alpha value is -2.83. The first kappa shape index (κ1) is 27.8. The van der Waals surface area contributed by atoms with E-state index in [1.54, 1.807) is 17.0 Å². The van der Waals surface area contributed by atoms with Crippen molar-refractivity contribution in [1.29, 1.82) is 0 Å². The van der Waals surface area contributed by atoms with Gasteiger partial charge in [0, 0.05) is 24.5 Å². The molecule has 5 nitrogen and oxygen atoms in total. The van der Waals surface area contributed by atoms with Crippen molar-refractivity contribution >= 4 is 39.3 Å². The van der Waals surface area contributed by atoms with Gasteiger partial charge in [0.05, 0.1) is 4.47 Å². The number of carbonyl (C=O) groups is 2. The maximum atomic E-state index is 13.6. The minimum absolute atomic E-state index is 0.184. The summed E-state index contributed by atoms with van der Waals surface area (Å²) in [6.45, 7) is 4.69. The Morgan fingerprint density at radius 3 is 2.31 bits per heavy atom. The molecule has 0 saturated heterocycles. The number of rotatable bonds is 12. The lowest BCUT2D eigenvalue weighted by molar-refractivity contribution is -0.142. The molecule has 1 atom stereocenters. The smallest absolute Gasteiger partial charge is 0.261 e. The molecule has 0 aromatic heterocycles. The molecule has 0 fully saturated rings. The molecule has 7 heteroatoms. The second kappa shape index (κ2) is 14.0. The number of amides is 2. The monoisotopic (exact) mass is 570 g/mol. The van der Waals surface area contributed by atoms with Crippen LogP contribution in [0.3, 0.4) is 0 Å². The molecule has 3 aromatic carbocycles. The van der Waals surface area contributed by atoms with E-state index in [-0.39, 0.29) is 25.0 Å². The van der Waals surface area contributed by atoms with Gasteiger partial charge in [0.1, 0.15) is 11.8 Å². The van der Waals surface area contributed by atoms with Crippen molar-refractivity contribution in [3.05, 3.63) is 99.0 Å². The Balaban J connectivity index is 1.88. The van der Waals surface area contributed by atoms with Crippen LogP contribution >= 0.6 is 27.5 Å². The SMILES string of the molecule is CCCNC(=O)[C@H](Cc1ccccc1)N(Cc1ccc(Cl)cc1)C(=O)COc1ccc(CC)cc1Br. The number of nitrogens with one attached hydrogen (secondary N) is 1. The highest BCUT2D eigenvalue weighted by Gasteiger charge is 2.30. The highest BCUT2D eigenvalue weighted by atomic mass is 79.9. The van der Waals surface area contributed by atoms with Crippen LogP contribution in [0.4, 0.5) is 0 Å². The zero-order valence-corrected chi connectivity index (χ0v) is 23.0. The molecule has 0 aliphatic heterocycles. The number of hydrogen-bond acceptors (Lipinski definition) is 3. The fourth-order valence-corrected chi connectivity index (χ4v) is 4.48. The van der Waals surface area contributed by atoms with Crippen LogP contribution in [0.1, 0.15) is 37.0 Å². The summed E-state index contributed by atoms with van der Waals surface area (Å²) in [5, 5.41) is 3.59. The summed E-state index contributed by atoms with van der Waals surface area (Å²) in [5.41, 5.74) is 3.02.